The van der Waals surface area contributed by atoms with Crippen molar-refractivity contribution in [3.63, 3.8) is 0 Å². The van der Waals surface area contributed by atoms with Crippen molar-refractivity contribution in [3.8, 4) is 0 Å². The van der Waals surface area contributed by atoms with E-state index in [0.29, 0.717) is 37.9 Å². The highest BCUT2D eigenvalue weighted by atomic mass is 32.2. The molecule has 2 saturated heterocycles. The molecule has 0 spiro atoms. The van der Waals surface area contributed by atoms with Gasteiger partial charge in [-0.2, -0.15) is 16.8 Å². The summed E-state index contributed by atoms with van der Waals surface area (Å²) in [5.41, 5.74) is 6.86. The van der Waals surface area contributed by atoms with E-state index in [2.05, 4.69) is 30.3 Å². The molecule has 2 N–H and O–H groups in total. The van der Waals surface area contributed by atoms with E-state index in [4.69, 9.17) is 17.8 Å². The van der Waals surface area contributed by atoms with Crippen molar-refractivity contribution in [1.29, 1.82) is 0 Å². The molecule has 0 bridgehead atoms. The maximum Gasteiger partial charge on any atom is 0.296 e. The van der Waals surface area contributed by atoms with Gasteiger partial charge in [0.05, 0.1) is 23.0 Å². The molecule has 4 aromatic rings. The normalized spacial score (nSPS) is 15.7. The molecule has 10 nitrogen and oxygen atoms in total. The summed E-state index contributed by atoms with van der Waals surface area (Å²) in [4.78, 5) is 0.222. The number of hydrogen-bond acceptors (Lipinski definition) is 10. The minimum atomic E-state index is -3.91. The van der Waals surface area contributed by atoms with Crippen molar-refractivity contribution in [2.75, 3.05) is 52.9 Å². The lowest BCUT2D eigenvalue weighted by molar-refractivity contribution is 0.0849. The maximum atomic E-state index is 12.8. The van der Waals surface area contributed by atoms with Crippen LogP contribution in [0.1, 0.15) is 108 Å². The summed E-state index contributed by atoms with van der Waals surface area (Å²) in [6.45, 7) is 7.12. The summed E-state index contributed by atoms with van der Waals surface area (Å²) in [5.74, 6) is 0.983. The predicted molar refractivity (Wildman–Crippen MR) is 225 cm³/mol. The second-order valence-electron chi connectivity index (χ2n) is 15.2. The van der Waals surface area contributed by atoms with Crippen LogP contribution in [0, 0.1) is 13.8 Å². The third-order valence-electron chi connectivity index (χ3n) is 11.2. The molecular formula is C46H60O10S2. The highest BCUT2D eigenvalue weighted by Crippen LogP contribution is 2.37. The van der Waals surface area contributed by atoms with Gasteiger partial charge in [-0.15, -0.1) is 0 Å². The first kappa shape index (κ1) is 45.6. The zero-order chi connectivity index (χ0) is 41.4. The van der Waals surface area contributed by atoms with Crippen LogP contribution < -0.4 is 0 Å². The van der Waals surface area contributed by atoms with Crippen molar-refractivity contribution >= 4 is 20.2 Å². The minimum Gasteiger partial charge on any atom is -0.396 e. The summed E-state index contributed by atoms with van der Waals surface area (Å²) in [6, 6.07) is 29.7. The molecular weight excluding hydrogens is 777 g/mol. The van der Waals surface area contributed by atoms with Crippen molar-refractivity contribution in [1.82, 2.24) is 0 Å². The first-order chi connectivity index (χ1) is 28.0. The van der Waals surface area contributed by atoms with Crippen molar-refractivity contribution in [2.45, 2.75) is 98.7 Å². The second-order valence-corrected chi connectivity index (χ2v) is 18.4. The fourth-order valence-electron chi connectivity index (χ4n) is 7.89. The van der Waals surface area contributed by atoms with Gasteiger partial charge in [-0.1, -0.05) is 83.9 Å². The molecule has 6 rings (SSSR count). The number of aryl methyl sites for hydroxylation is 2. The molecule has 316 valence electrons. The van der Waals surface area contributed by atoms with E-state index in [9.17, 15) is 27.0 Å². The maximum absolute atomic E-state index is 12.8. The van der Waals surface area contributed by atoms with Gasteiger partial charge in [-0.25, -0.2) is 0 Å². The van der Waals surface area contributed by atoms with Crippen molar-refractivity contribution < 1.29 is 44.9 Å². The van der Waals surface area contributed by atoms with Gasteiger partial charge in [-0.3, -0.25) is 8.37 Å². The molecule has 0 unspecified atom stereocenters. The average Bonchev–Trinajstić information content (AvgIpc) is 3.24. The minimum absolute atomic E-state index is 0.0340. The Morgan fingerprint density at radius 2 is 0.879 bits per heavy atom. The van der Waals surface area contributed by atoms with Crippen LogP contribution in [0.25, 0.3) is 0 Å². The molecule has 0 atom stereocenters. The Morgan fingerprint density at radius 3 is 1.24 bits per heavy atom. The number of hydrogen-bond donors (Lipinski definition) is 2. The number of ether oxygens (including phenoxy) is 2. The van der Waals surface area contributed by atoms with Gasteiger partial charge in [0.1, 0.15) is 0 Å². The molecule has 4 aromatic carbocycles. The number of rotatable bonds is 18. The number of aliphatic hydroxyl groups excluding tert-OH is 2. The van der Waals surface area contributed by atoms with Crippen LogP contribution in [-0.2, 0) is 38.1 Å². The Morgan fingerprint density at radius 1 is 0.534 bits per heavy atom. The Kier molecular flexibility index (Phi) is 17.9. The van der Waals surface area contributed by atoms with Crippen molar-refractivity contribution in [2.24, 2.45) is 0 Å². The van der Waals surface area contributed by atoms with Crippen LogP contribution in [0.15, 0.2) is 107 Å². The van der Waals surface area contributed by atoms with E-state index >= 15 is 0 Å². The largest absolute Gasteiger partial charge is 0.396 e. The van der Waals surface area contributed by atoms with Crippen LogP contribution in [0.3, 0.4) is 0 Å². The summed E-state index contributed by atoms with van der Waals surface area (Å²) in [7, 11) is -7.82. The Balaban J connectivity index is 0.000000281. The lowest BCUT2D eigenvalue weighted by atomic mass is 9.82. The Bertz CT molecular complexity index is 1950. The molecule has 2 heterocycles. The molecule has 0 radical (unpaired) electrons. The second kappa shape index (κ2) is 22.8. The fraction of sp³-hybridized carbons (Fsp3) is 0.478. The smallest absolute Gasteiger partial charge is 0.296 e. The fourth-order valence-corrected chi connectivity index (χ4v) is 9.74. The van der Waals surface area contributed by atoms with Gasteiger partial charge in [0.25, 0.3) is 20.2 Å². The lowest BCUT2D eigenvalue weighted by Crippen LogP contribution is -2.18. The van der Waals surface area contributed by atoms with Gasteiger partial charge >= 0.3 is 0 Å². The van der Waals surface area contributed by atoms with Gasteiger partial charge < -0.3 is 19.7 Å². The lowest BCUT2D eigenvalue weighted by Gasteiger charge is -2.28. The first-order valence-corrected chi connectivity index (χ1v) is 23.3. The van der Waals surface area contributed by atoms with E-state index in [1.54, 1.807) is 24.3 Å². The van der Waals surface area contributed by atoms with Gasteiger partial charge in [0.15, 0.2) is 0 Å². The molecule has 0 amide bonds. The zero-order valence-corrected chi connectivity index (χ0v) is 35.5. The molecule has 0 saturated carbocycles. The Labute approximate surface area is 345 Å². The van der Waals surface area contributed by atoms with E-state index in [1.807, 2.05) is 32.0 Å². The van der Waals surface area contributed by atoms with E-state index in [-0.39, 0.29) is 48.1 Å². The van der Waals surface area contributed by atoms with Crippen molar-refractivity contribution in [3.05, 3.63) is 130 Å². The molecule has 0 aliphatic carbocycles. The molecule has 0 aromatic heterocycles. The van der Waals surface area contributed by atoms with E-state index in [1.165, 1.54) is 41.0 Å². The van der Waals surface area contributed by atoms with Gasteiger partial charge in [-0.05, 0) is 135 Å². The number of aliphatic hydroxyl groups is 2. The van der Waals surface area contributed by atoms with Crippen LogP contribution >= 0.6 is 0 Å². The van der Waals surface area contributed by atoms with Crippen LogP contribution in [0.4, 0.5) is 0 Å². The third kappa shape index (κ3) is 13.3. The molecule has 58 heavy (non-hydrogen) atoms. The molecule has 2 fully saturated rings. The quantitative estimate of drug-likeness (QED) is 0.0939. The van der Waals surface area contributed by atoms with Gasteiger partial charge in [0, 0.05) is 39.6 Å². The summed E-state index contributed by atoms with van der Waals surface area (Å²) in [5, 5.41) is 18.4. The standard InChI is InChI=1S/C30H36O7S2.C16H24O3/c1-23-7-11-27(12-8-23)38(31,32)36-21-17-26(18-22-37-39(33,34)28-13-9-24(2)10-14-28)30-6-4-3-5-29(30)25-15-19-35-20-16-25;17-9-5-13(6-10-18)15-3-1-2-4-16(15)14-7-11-19-12-8-14/h3-14,25-26H,15-22H2,1-2H3;1-4,13-14,17-18H,5-12H2. The van der Waals surface area contributed by atoms with Gasteiger partial charge in [0.2, 0.25) is 0 Å². The molecule has 2 aliphatic rings. The third-order valence-corrected chi connectivity index (χ3v) is 13.8. The predicted octanol–water partition coefficient (Wildman–Crippen LogP) is 8.30. The van der Waals surface area contributed by atoms with Crippen LogP contribution in [0.5, 0.6) is 0 Å². The number of benzene rings is 4. The van der Waals surface area contributed by atoms with Crippen LogP contribution in [-0.4, -0.2) is 79.9 Å². The van der Waals surface area contributed by atoms with E-state index < -0.39 is 20.2 Å². The highest BCUT2D eigenvalue weighted by Gasteiger charge is 2.26. The highest BCUT2D eigenvalue weighted by molar-refractivity contribution is 7.87. The average molecular weight is 837 g/mol. The summed E-state index contributed by atoms with van der Waals surface area (Å²) >= 11 is 0. The first-order valence-electron chi connectivity index (χ1n) is 20.5. The Hall–Kier alpha value is -3.46. The zero-order valence-electron chi connectivity index (χ0n) is 33.8. The molecule has 2 aliphatic heterocycles. The SMILES string of the molecule is Cc1ccc(S(=O)(=O)OCCC(CCOS(=O)(=O)c2ccc(C)cc2)c2ccccc2C2CCOCC2)cc1.OCCC(CCO)c1ccccc1C1CCOCC1. The van der Waals surface area contributed by atoms with Crippen LogP contribution in [0.2, 0.25) is 0 Å². The molecule has 12 heteroatoms. The van der Waals surface area contributed by atoms with E-state index in [0.717, 1.165) is 68.4 Å². The summed E-state index contributed by atoms with van der Waals surface area (Å²) in [6.07, 6.45) is 6.17. The monoisotopic (exact) mass is 836 g/mol. The topological polar surface area (TPSA) is 146 Å². The summed E-state index contributed by atoms with van der Waals surface area (Å²) < 4.78 is 72.9.